The second kappa shape index (κ2) is 6.78. The van der Waals surface area contributed by atoms with Crippen LogP contribution in [0.4, 0.5) is 4.39 Å². The van der Waals surface area contributed by atoms with Gasteiger partial charge in [0.15, 0.2) is 0 Å². The van der Waals surface area contributed by atoms with E-state index in [1.807, 2.05) is 24.3 Å². The van der Waals surface area contributed by atoms with Gasteiger partial charge in [-0.15, -0.1) is 0 Å². The van der Waals surface area contributed by atoms with E-state index < -0.39 is 5.82 Å². The summed E-state index contributed by atoms with van der Waals surface area (Å²) in [7, 11) is 0. The van der Waals surface area contributed by atoms with E-state index in [1.54, 1.807) is 6.07 Å². The molecule has 0 aromatic heterocycles. The summed E-state index contributed by atoms with van der Waals surface area (Å²) in [6, 6.07) is 11.8. The Morgan fingerprint density at radius 1 is 0.947 bits per heavy atom. The van der Waals surface area contributed by atoms with Crippen LogP contribution in [0.3, 0.4) is 0 Å². The monoisotopic (exact) mass is 344 g/mol. The molecule has 0 saturated heterocycles. The zero-order valence-electron chi connectivity index (χ0n) is 9.91. The minimum absolute atomic E-state index is 0.0819. The average Bonchev–Trinajstić information content (AvgIpc) is 2.41. The molecule has 19 heavy (non-hydrogen) atoms. The summed E-state index contributed by atoms with van der Waals surface area (Å²) in [5.74, 6) is 0.698. The molecule has 0 aliphatic carbocycles. The van der Waals surface area contributed by atoms with Crippen LogP contribution in [0.5, 0.6) is 11.5 Å². The van der Waals surface area contributed by atoms with Gasteiger partial charge in [-0.3, -0.25) is 0 Å². The number of ether oxygens (including phenoxy) is 2. The second-order valence-electron chi connectivity index (χ2n) is 3.73. The first-order valence-corrected chi connectivity index (χ1v) is 6.78. The van der Waals surface area contributed by atoms with Gasteiger partial charge in [0, 0.05) is 10.5 Å². The van der Waals surface area contributed by atoms with E-state index in [0.717, 1.165) is 10.2 Å². The van der Waals surface area contributed by atoms with Crippen molar-refractivity contribution in [1.29, 1.82) is 0 Å². The first kappa shape index (κ1) is 14.2. The van der Waals surface area contributed by atoms with E-state index in [4.69, 9.17) is 21.1 Å². The highest BCUT2D eigenvalue weighted by atomic mass is 79.9. The summed E-state index contributed by atoms with van der Waals surface area (Å²) >= 11 is 8.92. The Balaban J connectivity index is 1.77. The summed E-state index contributed by atoms with van der Waals surface area (Å²) in [4.78, 5) is 0. The number of hydrogen-bond acceptors (Lipinski definition) is 2. The van der Waals surface area contributed by atoms with E-state index in [-0.39, 0.29) is 5.02 Å². The van der Waals surface area contributed by atoms with E-state index >= 15 is 0 Å². The number of benzene rings is 2. The zero-order valence-corrected chi connectivity index (χ0v) is 12.2. The van der Waals surface area contributed by atoms with E-state index in [1.165, 1.54) is 12.1 Å². The summed E-state index contributed by atoms with van der Waals surface area (Å²) in [6.07, 6.45) is 0. The third-order valence-corrected chi connectivity index (χ3v) is 3.16. The Morgan fingerprint density at radius 2 is 1.53 bits per heavy atom. The highest BCUT2D eigenvalue weighted by Gasteiger charge is 2.01. The highest BCUT2D eigenvalue weighted by molar-refractivity contribution is 9.10. The quantitative estimate of drug-likeness (QED) is 0.731. The fourth-order valence-electron chi connectivity index (χ4n) is 1.42. The molecule has 2 aromatic rings. The van der Waals surface area contributed by atoms with Gasteiger partial charge < -0.3 is 9.47 Å². The molecule has 0 N–H and O–H groups in total. The van der Waals surface area contributed by atoms with Crippen molar-refractivity contribution in [3.05, 3.63) is 57.8 Å². The van der Waals surface area contributed by atoms with Crippen LogP contribution in [-0.2, 0) is 0 Å². The minimum atomic E-state index is -0.493. The Bertz CT molecular complexity index is 546. The molecule has 0 fully saturated rings. The Morgan fingerprint density at radius 3 is 2.16 bits per heavy atom. The van der Waals surface area contributed by atoms with Crippen molar-refractivity contribution in [3.8, 4) is 11.5 Å². The maximum absolute atomic E-state index is 13.1. The molecule has 0 aliphatic rings. The van der Waals surface area contributed by atoms with Crippen LogP contribution in [0.1, 0.15) is 0 Å². The van der Waals surface area contributed by atoms with Gasteiger partial charge in [0.2, 0.25) is 0 Å². The van der Waals surface area contributed by atoms with Crippen molar-refractivity contribution in [3.63, 3.8) is 0 Å². The van der Waals surface area contributed by atoms with Crippen molar-refractivity contribution in [1.82, 2.24) is 0 Å². The summed E-state index contributed by atoms with van der Waals surface area (Å²) < 4.78 is 25.0. The molecular weight excluding hydrogens is 335 g/mol. The van der Waals surface area contributed by atoms with Crippen LogP contribution in [0.25, 0.3) is 0 Å². The van der Waals surface area contributed by atoms with Crippen LogP contribution in [0.2, 0.25) is 5.02 Å². The predicted octanol–water partition coefficient (Wildman–Crippen LogP) is 4.70. The molecule has 0 amide bonds. The van der Waals surface area contributed by atoms with Gasteiger partial charge in [0.05, 0.1) is 5.02 Å². The molecule has 5 heteroatoms. The largest absolute Gasteiger partial charge is 0.490 e. The number of rotatable bonds is 5. The normalized spacial score (nSPS) is 10.3. The Labute approximate surface area is 124 Å². The van der Waals surface area contributed by atoms with Crippen LogP contribution >= 0.6 is 27.5 Å². The molecule has 2 aromatic carbocycles. The average molecular weight is 346 g/mol. The SMILES string of the molecule is Fc1cc(OCCOc2ccc(Br)cc2)ccc1Cl. The van der Waals surface area contributed by atoms with Gasteiger partial charge in [0.25, 0.3) is 0 Å². The van der Waals surface area contributed by atoms with Crippen molar-refractivity contribution >= 4 is 27.5 Å². The molecule has 100 valence electrons. The summed E-state index contributed by atoms with van der Waals surface area (Å²) in [6.45, 7) is 0.711. The van der Waals surface area contributed by atoms with Gasteiger partial charge >= 0.3 is 0 Å². The van der Waals surface area contributed by atoms with Gasteiger partial charge in [-0.25, -0.2) is 4.39 Å². The topological polar surface area (TPSA) is 18.5 Å². The molecule has 0 radical (unpaired) electrons. The molecule has 0 heterocycles. The molecular formula is C14H11BrClFO2. The highest BCUT2D eigenvalue weighted by Crippen LogP contribution is 2.20. The molecule has 0 saturated carbocycles. The lowest BCUT2D eigenvalue weighted by Gasteiger charge is -2.08. The predicted molar refractivity (Wildman–Crippen MR) is 76.5 cm³/mol. The Hall–Kier alpha value is -1.26. The van der Waals surface area contributed by atoms with E-state index in [0.29, 0.717) is 19.0 Å². The molecule has 2 rings (SSSR count). The smallest absolute Gasteiger partial charge is 0.145 e. The third-order valence-electron chi connectivity index (χ3n) is 2.33. The Kier molecular flexibility index (Phi) is 5.05. The zero-order chi connectivity index (χ0) is 13.7. The maximum atomic E-state index is 13.1. The molecule has 0 unspecified atom stereocenters. The first-order valence-electron chi connectivity index (χ1n) is 5.61. The molecule has 0 aliphatic heterocycles. The van der Waals surface area contributed by atoms with Crippen LogP contribution in [0, 0.1) is 5.82 Å². The number of halogens is 3. The lowest BCUT2D eigenvalue weighted by atomic mass is 10.3. The standard InChI is InChI=1S/C14H11BrClFO2/c15-10-1-3-11(4-2-10)18-7-8-19-12-5-6-13(16)14(17)9-12/h1-6,9H,7-8H2. The van der Waals surface area contributed by atoms with Gasteiger partial charge in [-0.2, -0.15) is 0 Å². The summed E-state index contributed by atoms with van der Waals surface area (Å²) in [5.41, 5.74) is 0. The van der Waals surface area contributed by atoms with Crippen molar-refractivity contribution < 1.29 is 13.9 Å². The third kappa shape index (κ3) is 4.40. The van der Waals surface area contributed by atoms with E-state index in [9.17, 15) is 4.39 Å². The van der Waals surface area contributed by atoms with Crippen LogP contribution in [0.15, 0.2) is 46.9 Å². The summed E-state index contributed by atoms with van der Waals surface area (Å²) in [5, 5.41) is 0.0819. The van der Waals surface area contributed by atoms with Crippen LogP contribution in [-0.4, -0.2) is 13.2 Å². The lowest BCUT2D eigenvalue weighted by molar-refractivity contribution is 0.216. The van der Waals surface area contributed by atoms with Crippen molar-refractivity contribution in [2.24, 2.45) is 0 Å². The van der Waals surface area contributed by atoms with Gasteiger partial charge in [-0.1, -0.05) is 27.5 Å². The van der Waals surface area contributed by atoms with Crippen molar-refractivity contribution in [2.45, 2.75) is 0 Å². The maximum Gasteiger partial charge on any atom is 0.145 e. The lowest BCUT2D eigenvalue weighted by Crippen LogP contribution is -2.09. The molecule has 0 atom stereocenters. The first-order chi connectivity index (χ1) is 9.15. The second-order valence-corrected chi connectivity index (χ2v) is 5.05. The van der Waals surface area contributed by atoms with Crippen LogP contribution < -0.4 is 9.47 Å². The minimum Gasteiger partial charge on any atom is -0.490 e. The fraction of sp³-hybridized carbons (Fsp3) is 0.143. The van der Waals surface area contributed by atoms with Gasteiger partial charge in [0.1, 0.15) is 30.5 Å². The van der Waals surface area contributed by atoms with E-state index in [2.05, 4.69) is 15.9 Å². The number of hydrogen-bond donors (Lipinski definition) is 0. The fourth-order valence-corrected chi connectivity index (χ4v) is 1.80. The van der Waals surface area contributed by atoms with Gasteiger partial charge in [-0.05, 0) is 36.4 Å². The molecule has 2 nitrogen and oxygen atoms in total. The molecule has 0 bridgehead atoms. The molecule has 0 spiro atoms. The van der Waals surface area contributed by atoms with Crippen molar-refractivity contribution in [2.75, 3.05) is 13.2 Å².